The number of carbonyl (C=O) groups excluding carboxylic acids is 5. The molecule has 2 unspecified atom stereocenters. The maximum absolute atomic E-state index is 13.8. The van der Waals surface area contributed by atoms with Crippen LogP contribution in [0.5, 0.6) is 23.0 Å². The van der Waals surface area contributed by atoms with Crippen LogP contribution in [0.3, 0.4) is 0 Å². The standard InChI is InChI=1S/C27H36N2O9.C26H34N2O9/c1-4-13-37-27(32)29-20-17-22(35-15-8-10-23(30)34-3)21(33-2)16-18(20)25(31)28-12-7-9-19(28)26(29)38-24-11-5-6-14-36-24;1-3-12-36-26(32)28-19-16-21(34-14-7-9-22(29)30)20(33-2)15-17(19)24(31)27-11-6-8-18(27)25(28)37-23-10-4-5-13-35-23/h4,16-17,19,24,26H,1,5-15H2,2-3H3;3,15-16,18,23,25H,1,4-14H2,2H3,(H,29,30)/t19-,24?,26-;18-,23?,25-/m00/s1. The number of carbonyl (C=O) groups is 6. The third-order valence-corrected chi connectivity index (χ3v) is 13.5. The number of fused-ring (bicyclic) bond motifs is 4. The van der Waals surface area contributed by atoms with Crippen LogP contribution < -0.4 is 28.7 Å². The Kier molecular flexibility index (Phi) is 20.4. The molecular weight excluding hydrogens is 981 g/mol. The smallest absolute Gasteiger partial charge is 0.416 e. The summed E-state index contributed by atoms with van der Waals surface area (Å²) in [4.78, 5) is 83.2. The Hall–Kier alpha value is -6.62. The number of aliphatic carboxylic acids is 1. The second kappa shape index (κ2) is 27.3. The first kappa shape index (κ1) is 56.1. The van der Waals surface area contributed by atoms with Crippen molar-refractivity contribution in [2.75, 3.05) is 83.9 Å². The number of hydrogen-bond donors (Lipinski definition) is 1. The van der Waals surface area contributed by atoms with Gasteiger partial charge in [0.05, 0.1) is 69.1 Å². The molecule has 8 rings (SSSR count). The first-order valence-corrected chi connectivity index (χ1v) is 25.7. The summed E-state index contributed by atoms with van der Waals surface area (Å²) in [7, 11) is 4.26. The number of carboxylic acids is 1. The maximum atomic E-state index is 13.8. The normalized spacial score (nSPS) is 22.9. The molecule has 6 heterocycles. The van der Waals surface area contributed by atoms with Gasteiger partial charge in [0.15, 0.2) is 48.0 Å². The van der Waals surface area contributed by atoms with Crippen molar-refractivity contribution < 1.29 is 86.0 Å². The van der Waals surface area contributed by atoms with Gasteiger partial charge < -0.3 is 67.0 Å². The summed E-state index contributed by atoms with van der Waals surface area (Å²) < 4.78 is 62.9. The van der Waals surface area contributed by atoms with Crippen LogP contribution in [0, 0.1) is 0 Å². The molecule has 0 spiro atoms. The van der Waals surface area contributed by atoms with Crippen molar-refractivity contribution in [3.05, 3.63) is 60.7 Å². The summed E-state index contributed by atoms with van der Waals surface area (Å²) in [5.41, 5.74) is 1.10. The predicted octanol–water partition coefficient (Wildman–Crippen LogP) is 7.20. The number of esters is 1. The molecule has 4 fully saturated rings. The summed E-state index contributed by atoms with van der Waals surface area (Å²) in [6.07, 6.45) is 7.73. The quantitative estimate of drug-likeness (QED) is 0.0597. The molecule has 2 aromatic rings. The molecule has 6 atom stereocenters. The van der Waals surface area contributed by atoms with Crippen molar-refractivity contribution in [3.63, 3.8) is 0 Å². The topological polar surface area (TPSA) is 237 Å². The summed E-state index contributed by atoms with van der Waals surface area (Å²) >= 11 is 0. The van der Waals surface area contributed by atoms with E-state index in [-0.39, 0.29) is 92.1 Å². The van der Waals surface area contributed by atoms with Gasteiger partial charge in [0.25, 0.3) is 11.8 Å². The van der Waals surface area contributed by atoms with Gasteiger partial charge in [0.1, 0.15) is 13.2 Å². The second-order valence-corrected chi connectivity index (χ2v) is 18.4. The third-order valence-electron chi connectivity index (χ3n) is 13.5. The van der Waals surface area contributed by atoms with E-state index in [1.165, 1.54) is 43.3 Å². The lowest BCUT2D eigenvalue weighted by Gasteiger charge is -2.38. The number of rotatable bonds is 20. The fourth-order valence-corrected chi connectivity index (χ4v) is 9.96. The number of ether oxygens (including phenoxy) is 11. The van der Waals surface area contributed by atoms with Crippen LogP contribution in [0.1, 0.15) is 111 Å². The lowest BCUT2D eigenvalue weighted by Crippen LogP contribution is -2.54. The fourth-order valence-electron chi connectivity index (χ4n) is 9.96. The molecule has 0 aliphatic carbocycles. The summed E-state index contributed by atoms with van der Waals surface area (Å²) in [5.74, 6) is -0.510. The molecule has 22 heteroatoms. The van der Waals surface area contributed by atoms with Gasteiger partial charge in [-0.05, 0) is 89.2 Å². The van der Waals surface area contributed by atoms with E-state index in [0.29, 0.717) is 81.3 Å². The van der Waals surface area contributed by atoms with E-state index in [1.54, 1.807) is 34.1 Å². The molecule has 75 heavy (non-hydrogen) atoms. The van der Waals surface area contributed by atoms with Gasteiger partial charge >= 0.3 is 24.1 Å². The number of anilines is 2. The molecule has 2 aromatic carbocycles. The molecule has 0 radical (unpaired) electrons. The van der Waals surface area contributed by atoms with E-state index in [0.717, 1.165) is 38.5 Å². The molecule has 0 bridgehead atoms. The van der Waals surface area contributed by atoms with Crippen molar-refractivity contribution >= 4 is 47.3 Å². The molecule has 410 valence electrons. The summed E-state index contributed by atoms with van der Waals surface area (Å²) in [6.45, 7) is 9.74. The molecule has 0 aromatic heterocycles. The van der Waals surface area contributed by atoms with Gasteiger partial charge in [-0.1, -0.05) is 25.3 Å². The number of nitrogens with zero attached hydrogens (tertiary/aromatic N) is 4. The van der Waals surface area contributed by atoms with E-state index in [2.05, 4.69) is 17.9 Å². The first-order chi connectivity index (χ1) is 36.4. The third kappa shape index (κ3) is 13.6. The minimum absolute atomic E-state index is 0.00726. The average Bonchev–Trinajstić information content (AvgIpc) is 4.11. The SMILES string of the molecule is C=CCOC(=O)N1c2cc(OCCCC(=O)O)c(OC)cc2C(=O)N2CCC[C@H]2[C@@H]1OC1CCCCO1.C=CCOC(=O)N1c2cc(OCCCC(=O)OC)c(OC)cc2C(=O)N2CCC[C@H]2[C@@H]1OC1CCCCO1. The van der Waals surface area contributed by atoms with Crippen LogP contribution in [0.25, 0.3) is 0 Å². The van der Waals surface area contributed by atoms with E-state index >= 15 is 0 Å². The van der Waals surface area contributed by atoms with E-state index in [1.807, 2.05) is 0 Å². The molecular formula is C53H70N4O18. The molecule has 6 aliphatic heterocycles. The molecule has 22 nitrogen and oxygen atoms in total. The largest absolute Gasteiger partial charge is 0.493 e. The highest BCUT2D eigenvalue weighted by atomic mass is 16.7. The lowest BCUT2D eigenvalue weighted by molar-refractivity contribution is -0.195. The monoisotopic (exact) mass is 1050 g/mol. The fraction of sp³-hybridized carbons (Fsp3) is 0.585. The Bertz CT molecular complexity index is 2350. The Morgan fingerprint density at radius 3 is 1.47 bits per heavy atom. The zero-order valence-corrected chi connectivity index (χ0v) is 43.1. The zero-order valence-electron chi connectivity index (χ0n) is 43.1. The van der Waals surface area contributed by atoms with Gasteiger partial charge in [-0.3, -0.25) is 19.2 Å². The highest BCUT2D eigenvalue weighted by molar-refractivity contribution is 6.07. The van der Waals surface area contributed by atoms with E-state index in [9.17, 15) is 28.8 Å². The Labute approximate surface area is 436 Å². The molecule has 6 aliphatic rings. The minimum Gasteiger partial charge on any atom is -0.493 e. The number of benzene rings is 2. The number of hydrogen-bond acceptors (Lipinski definition) is 17. The van der Waals surface area contributed by atoms with E-state index in [4.69, 9.17) is 52.5 Å². The van der Waals surface area contributed by atoms with Crippen molar-refractivity contribution in [3.8, 4) is 23.0 Å². The van der Waals surface area contributed by atoms with Gasteiger partial charge in [-0.15, -0.1) is 0 Å². The van der Waals surface area contributed by atoms with Gasteiger partial charge in [-0.25, -0.2) is 19.4 Å². The number of amides is 4. The highest BCUT2D eigenvalue weighted by Gasteiger charge is 2.49. The van der Waals surface area contributed by atoms with Crippen LogP contribution in [0.2, 0.25) is 0 Å². The molecule has 4 saturated heterocycles. The Morgan fingerprint density at radius 2 is 1.08 bits per heavy atom. The van der Waals surface area contributed by atoms with Crippen molar-refractivity contribution in [1.29, 1.82) is 0 Å². The second-order valence-electron chi connectivity index (χ2n) is 18.4. The number of carboxylic acid groups (broad SMARTS) is 1. The minimum atomic E-state index is -0.926. The summed E-state index contributed by atoms with van der Waals surface area (Å²) in [6, 6.07) is 5.50. The van der Waals surface area contributed by atoms with Gasteiger partial charge in [-0.2, -0.15) is 0 Å². The van der Waals surface area contributed by atoms with E-state index < -0.39 is 49.2 Å². The van der Waals surface area contributed by atoms with Crippen LogP contribution in [0.4, 0.5) is 21.0 Å². The van der Waals surface area contributed by atoms with Crippen LogP contribution in [-0.4, -0.2) is 162 Å². The first-order valence-electron chi connectivity index (χ1n) is 25.7. The molecule has 1 N–H and O–H groups in total. The van der Waals surface area contributed by atoms with Crippen molar-refractivity contribution in [2.24, 2.45) is 0 Å². The number of methoxy groups -OCH3 is 3. The van der Waals surface area contributed by atoms with Crippen LogP contribution >= 0.6 is 0 Å². The highest BCUT2D eigenvalue weighted by Crippen LogP contribution is 2.45. The lowest BCUT2D eigenvalue weighted by atomic mass is 10.1. The Morgan fingerprint density at radius 1 is 0.627 bits per heavy atom. The summed E-state index contributed by atoms with van der Waals surface area (Å²) in [5, 5.41) is 8.93. The zero-order chi connectivity index (χ0) is 53.4. The van der Waals surface area contributed by atoms with Crippen molar-refractivity contribution in [1.82, 2.24) is 9.80 Å². The maximum Gasteiger partial charge on any atom is 0.416 e. The predicted molar refractivity (Wildman–Crippen MR) is 268 cm³/mol. The van der Waals surface area contributed by atoms with Crippen LogP contribution in [0.15, 0.2) is 49.6 Å². The average molecular weight is 1050 g/mol. The van der Waals surface area contributed by atoms with Crippen molar-refractivity contribution in [2.45, 2.75) is 127 Å². The van der Waals surface area contributed by atoms with Gasteiger partial charge in [0, 0.05) is 51.3 Å². The molecule has 0 saturated carbocycles. The van der Waals surface area contributed by atoms with Crippen LogP contribution in [-0.2, 0) is 42.7 Å². The molecule has 4 amide bonds. The Balaban J connectivity index is 0.000000219. The van der Waals surface area contributed by atoms with Gasteiger partial charge in [0.2, 0.25) is 0 Å².